The second kappa shape index (κ2) is 8.92. The average molecular weight is 554 g/mol. The molecule has 0 radical (unpaired) electrons. The van der Waals surface area contributed by atoms with E-state index >= 15 is 0 Å². The van der Waals surface area contributed by atoms with Gasteiger partial charge in [0.25, 0.3) is 12.3 Å². The van der Waals surface area contributed by atoms with Crippen LogP contribution in [0.4, 0.5) is 14.5 Å². The topological polar surface area (TPSA) is 103 Å². The quantitative estimate of drug-likeness (QED) is 0.325. The summed E-state index contributed by atoms with van der Waals surface area (Å²) in [5, 5.41) is 7.49. The van der Waals surface area contributed by atoms with Crippen LogP contribution in [-0.2, 0) is 11.3 Å². The van der Waals surface area contributed by atoms with E-state index in [4.69, 9.17) is 5.73 Å². The first kappa shape index (κ1) is 23.5. The third-order valence-corrected chi connectivity index (χ3v) is 8.27. The number of primary amides is 1. The monoisotopic (exact) mass is 553 g/mol. The number of carbonyl (C=O) groups excluding carboxylic acids is 2. The summed E-state index contributed by atoms with van der Waals surface area (Å²) in [5.41, 5.74) is 7.29. The number of alkyl halides is 2. The van der Waals surface area contributed by atoms with Crippen molar-refractivity contribution in [2.45, 2.75) is 33.7 Å². The van der Waals surface area contributed by atoms with Crippen molar-refractivity contribution in [2.24, 2.45) is 5.73 Å². The predicted octanol–water partition coefficient (Wildman–Crippen LogP) is 5.58. The summed E-state index contributed by atoms with van der Waals surface area (Å²) in [6.45, 7) is 5.42. The molecule has 12 heteroatoms. The first-order valence-electron chi connectivity index (χ1n) is 9.68. The molecule has 2 amide bonds. The zero-order valence-corrected chi connectivity index (χ0v) is 20.9. The van der Waals surface area contributed by atoms with Gasteiger partial charge in [0.05, 0.1) is 21.5 Å². The molecule has 0 spiro atoms. The molecule has 0 fully saturated rings. The van der Waals surface area contributed by atoms with Crippen LogP contribution in [0, 0.1) is 20.8 Å². The fraction of sp³-hybridized carbons (Fsp3) is 0.238. The van der Waals surface area contributed by atoms with Crippen molar-refractivity contribution < 1.29 is 18.4 Å². The lowest BCUT2D eigenvalue weighted by atomic mass is 10.1. The van der Waals surface area contributed by atoms with E-state index in [0.717, 1.165) is 32.1 Å². The van der Waals surface area contributed by atoms with Crippen molar-refractivity contribution in [2.75, 3.05) is 5.32 Å². The van der Waals surface area contributed by atoms with E-state index in [-0.39, 0.29) is 21.9 Å². The summed E-state index contributed by atoms with van der Waals surface area (Å²) >= 11 is 5.72. The van der Waals surface area contributed by atoms with Crippen molar-refractivity contribution in [3.05, 3.63) is 49.5 Å². The molecule has 0 atom stereocenters. The van der Waals surface area contributed by atoms with Crippen molar-refractivity contribution in [1.29, 1.82) is 0 Å². The molecule has 0 aliphatic carbocycles. The molecule has 172 valence electrons. The van der Waals surface area contributed by atoms with E-state index in [2.05, 4.69) is 31.3 Å². The highest BCUT2D eigenvalue weighted by Gasteiger charge is 2.25. The van der Waals surface area contributed by atoms with Crippen LogP contribution in [0.15, 0.2) is 22.7 Å². The molecule has 33 heavy (non-hydrogen) atoms. The van der Waals surface area contributed by atoms with Crippen LogP contribution >= 0.6 is 38.6 Å². The predicted molar refractivity (Wildman–Crippen MR) is 129 cm³/mol. The van der Waals surface area contributed by atoms with Gasteiger partial charge in [-0.15, -0.1) is 22.7 Å². The van der Waals surface area contributed by atoms with Gasteiger partial charge in [-0.05, 0) is 54.9 Å². The van der Waals surface area contributed by atoms with E-state index in [1.807, 2.05) is 32.9 Å². The Bertz CT molecular complexity index is 1410. The summed E-state index contributed by atoms with van der Waals surface area (Å²) in [6, 6.07) is 4.97. The van der Waals surface area contributed by atoms with Crippen molar-refractivity contribution >= 4 is 66.3 Å². The number of aromatic nitrogens is 3. The molecule has 0 aliphatic rings. The maximum Gasteiger partial charge on any atom is 0.280 e. The second-order valence-corrected chi connectivity index (χ2v) is 10.4. The summed E-state index contributed by atoms with van der Waals surface area (Å²) in [7, 11) is 0. The van der Waals surface area contributed by atoms with Gasteiger partial charge in [-0.25, -0.2) is 13.8 Å². The zero-order chi connectivity index (χ0) is 24.0. The van der Waals surface area contributed by atoms with Crippen molar-refractivity contribution in [3.63, 3.8) is 0 Å². The van der Waals surface area contributed by atoms with E-state index in [9.17, 15) is 18.4 Å². The van der Waals surface area contributed by atoms with Gasteiger partial charge in [0.2, 0.25) is 5.91 Å². The van der Waals surface area contributed by atoms with Crippen LogP contribution in [-0.4, -0.2) is 26.6 Å². The number of thiophene rings is 2. The number of carbonyl (C=O) groups is 2. The molecule has 7 nitrogen and oxygen atoms in total. The molecule has 0 aliphatic heterocycles. The maximum atomic E-state index is 13.6. The number of hydrogen-bond acceptors (Lipinski definition) is 6. The number of aryl methyl sites for hydroxylation is 2. The van der Waals surface area contributed by atoms with Gasteiger partial charge >= 0.3 is 0 Å². The van der Waals surface area contributed by atoms with Gasteiger partial charge in [0.1, 0.15) is 21.9 Å². The normalized spacial score (nSPS) is 11.5. The fourth-order valence-corrected chi connectivity index (χ4v) is 5.63. The first-order valence-corrected chi connectivity index (χ1v) is 12.1. The van der Waals surface area contributed by atoms with Gasteiger partial charge in [-0.2, -0.15) is 5.10 Å². The average Bonchev–Trinajstić information content (AvgIpc) is 3.41. The Hall–Kier alpha value is -2.70. The fourth-order valence-electron chi connectivity index (χ4n) is 3.44. The van der Waals surface area contributed by atoms with Gasteiger partial charge in [0.15, 0.2) is 0 Å². The van der Waals surface area contributed by atoms with Crippen LogP contribution in [0.3, 0.4) is 0 Å². The number of nitrogens with two attached hydrogens (primary N) is 1. The van der Waals surface area contributed by atoms with Gasteiger partial charge in [-0.1, -0.05) is 0 Å². The third-order valence-electron chi connectivity index (χ3n) is 4.99. The molecule has 4 rings (SSSR count). The van der Waals surface area contributed by atoms with E-state index in [0.29, 0.717) is 15.8 Å². The number of nitrogens with zero attached hydrogens (tertiary/aromatic N) is 3. The molecule has 4 aromatic rings. The molecule has 0 unspecified atom stereocenters. The number of hydrogen-bond donors (Lipinski definition) is 2. The highest BCUT2D eigenvalue weighted by atomic mass is 79.9. The standard InChI is InChI=1S/C21H18BrF2N5O2S2/c1-8-4-5-13(32-8)11-6-12(19(23)24)26-21-15(11)17(18(33-21)20(25)31)27-14(30)7-29-10(3)16(22)9(2)28-29/h4-6,19H,7H2,1-3H3,(H2,25,31)(H,27,30). The Balaban J connectivity index is 1.85. The number of fused-ring (bicyclic) bond motifs is 1. The van der Waals surface area contributed by atoms with Crippen molar-refractivity contribution in [1.82, 2.24) is 14.8 Å². The molecular weight excluding hydrogens is 536 g/mol. The summed E-state index contributed by atoms with van der Waals surface area (Å²) in [5.74, 6) is -1.23. The number of halogens is 3. The highest BCUT2D eigenvalue weighted by Crippen LogP contribution is 2.44. The minimum absolute atomic E-state index is 0.0429. The second-order valence-electron chi connectivity index (χ2n) is 7.35. The zero-order valence-electron chi connectivity index (χ0n) is 17.7. The molecule has 0 aromatic carbocycles. The Morgan fingerprint density at radius 3 is 2.52 bits per heavy atom. The van der Waals surface area contributed by atoms with E-state index in [1.54, 1.807) is 0 Å². The molecule has 4 heterocycles. The lowest BCUT2D eigenvalue weighted by Crippen LogP contribution is -2.22. The minimum atomic E-state index is -2.80. The molecule has 0 bridgehead atoms. The smallest absolute Gasteiger partial charge is 0.280 e. The number of rotatable bonds is 6. The number of anilines is 1. The van der Waals surface area contributed by atoms with Crippen LogP contribution in [0.25, 0.3) is 20.7 Å². The summed E-state index contributed by atoms with van der Waals surface area (Å²) in [4.78, 5) is 31.1. The molecule has 4 aromatic heterocycles. The first-order chi connectivity index (χ1) is 15.6. The van der Waals surface area contributed by atoms with Crippen molar-refractivity contribution in [3.8, 4) is 10.4 Å². The van der Waals surface area contributed by atoms with E-state index in [1.165, 1.54) is 22.1 Å². The lowest BCUT2D eigenvalue weighted by molar-refractivity contribution is -0.116. The largest absolute Gasteiger partial charge is 0.365 e. The Labute approximate surface area is 203 Å². The van der Waals surface area contributed by atoms with E-state index < -0.39 is 23.9 Å². The van der Waals surface area contributed by atoms with Gasteiger partial charge in [0, 0.05) is 20.7 Å². The lowest BCUT2D eigenvalue weighted by Gasteiger charge is -2.10. The SMILES string of the molecule is Cc1ccc(-c2cc(C(F)F)nc3sc(C(N)=O)c(NC(=O)Cn4nc(C)c(Br)c4C)c23)s1. The highest BCUT2D eigenvalue weighted by molar-refractivity contribution is 9.10. The number of pyridine rings is 1. The Kier molecular flexibility index (Phi) is 6.34. The molecule has 3 N–H and O–H groups in total. The molecule has 0 saturated carbocycles. The summed E-state index contributed by atoms with van der Waals surface area (Å²) in [6.07, 6.45) is -2.80. The molecule has 0 saturated heterocycles. The van der Waals surface area contributed by atoms with Crippen LogP contribution in [0.5, 0.6) is 0 Å². The Morgan fingerprint density at radius 2 is 1.97 bits per heavy atom. The molecular formula is C21H18BrF2N5O2S2. The minimum Gasteiger partial charge on any atom is -0.365 e. The van der Waals surface area contributed by atoms with Crippen LogP contribution in [0.1, 0.15) is 38.1 Å². The number of nitrogens with one attached hydrogen (secondary N) is 1. The van der Waals surface area contributed by atoms with Gasteiger partial charge < -0.3 is 11.1 Å². The maximum absolute atomic E-state index is 13.6. The number of amides is 2. The Morgan fingerprint density at radius 1 is 1.24 bits per heavy atom. The third kappa shape index (κ3) is 4.42. The van der Waals surface area contributed by atoms with Gasteiger partial charge in [-0.3, -0.25) is 14.3 Å². The van der Waals surface area contributed by atoms with Crippen LogP contribution in [0.2, 0.25) is 0 Å². The van der Waals surface area contributed by atoms with Crippen LogP contribution < -0.4 is 11.1 Å². The summed E-state index contributed by atoms with van der Waals surface area (Å²) < 4.78 is 29.4.